The molecule has 0 aromatic carbocycles. The normalized spacial score (nSPS) is 22.5. The average Bonchev–Trinajstić information content (AvgIpc) is 2.79. The van der Waals surface area contributed by atoms with Crippen LogP contribution in [0.4, 0.5) is 0 Å². The van der Waals surface area contributed by atoms with Gasteiger partial charge in [-0.3, -0.25) is 4.79 Å². The lowest BCUT2D eigenvalue weighted by atomic mass is 9.77. The first-order valence-corrected chi connectivity index (χ1v) is 7.71. The Morgan fingerprint density at radius 2 is 2.29 bits per heavy atom. The molecule has 116 valence electrons. The summed E-state index contributed by atoms with van der Waals surface area (Å²) in [6.45, 7) is 9.79. The van der Waals surface area contributed by atoms with E-state index in [2.05, 4.69) is 32.0 Å². The van der Waals surface area contributed by atoms with Gasteiger partial charge < -0.3 is 9.42 Å². The van der Waals surface area contributed by atoms with E-state index in [4.69, 9.17) is 4.52 Å². The molecule has 1 aliphatic rings. The Kier molecular flexibility index (Phi) is 4.86. The maximum Gasteiger partial charge on any atom is 0.223 e. The van der Waals surface area contributed by atoms with E-state index in [1.165, 1.54) is 5.57 Å². The van der Waals surface area contributed by atoms with Gasteiger partial charge in [0.15, 0.2) is 5.76 Å². The molecule has 4 heteroatoms. The van der Waals surface area contributed by atoms with Crippen molar-refractivity contribution in [1.29, 1.82) is 0 Å². The predicted molar refractivity (Wildman–Crippen MR) is 82.7 cm³/mol. The van der Waals surface area contributed by atoms with Gasteiger partial charge in [-0.15, -0.1) is 0 Å². The Labute approximate surface area is 127 Å². The fraction of sp³-hybridized carbons (Fsp3) is 0.647. The van der Waals surface area contributed by atoms with Gasteiger partial charge >= 0.3 is 0 Å². The van der Waals surface area contributed by atoms with Crippen LogP contribution in [0.15, 0.2) is 22.2 Å². The van der Waals surface area contributed by atoms with Crippen molar-refractivity contribution < 1.29 is 9.32 Å². The lowest BCUT2D eigenvalue weighted by Gasteiger charge is -2.40. The van der Waals surface area contributed by atoms with Crippen LogP contribution in [0, 0.1) is 12.3 Å². The molecule has 1 amide bonds. The van der Waals surface area contributed by atoms with Crippen LogP contribution in [-0.2, 0) is 11.3 Å². The first-order chi connectivity index (χ1) is 9.88. The van der Waals surface area contributed by atoms with Crippen LogP contribution in [0.1, 0.15) is 57.9 Å². The van der Waals surface area contributed by atoms with Gasteiger partial charge in [0, 0.05) is 19.0 Å². The zero-order valence-electron chi connectivity index (χ0n) is 13.6. The lowest BCUT2D eigenvalue weighted by molar-refractivity contribution is -0.138. The van der Waals surface area contributed by atoms with Gasteiger partial charge in [0.05, 0.1) is 12.2 Å². The minimum absolute atomic E-state index is 0.203. The molecule has 1 aromatic heterocycles. The summed E-state index contributed by atoms with van der Waals surface area (Å²) in [6.07, 6.45) is 6.11. The van der Waals surface area contributed by atoms with Crippen molar-refractivity contribution in [2.45, 2.75) is 59.9 Å². The fourth-order valence-electron chi connectivity index (χ4n) is 2.93. The molecule has 1 atom stereocenters. The highest BCUT2D eigenvalue weighted by Gasteiger charge is 2.34. The molecule has 0 saturated carbocycles. The van der Waals surface area contributed by atoms with Gasteiger partial charge in [-0.25, -0.2) is 0 Å². The van der Waals surface area contributed by atoms with Crippen molar-refractivity contribution in [1.82, 2.24) is 10.1 Å². The van der Waals surface area contributed by atoms with Crippen LogP contribution in [0.3, 0.4) is 0 Å². The lowest BCUT2D eigenvalue weighted by Crippen LogP contribution is -2.44. The van der Waals surface area contributed by atoms with Crippen molar-refractivity contribution in [3.8, 4) is 0 Å². The number of hydrogen-bond acceptors (Lipinski definition) is 3. The van der Waals surface area contributed by atoms with E-state index in [1.807, 2.05) is 17.9 Å². The smallest absolute Gasteiger partial charge is 0.223 e. The summed E-state index contributed by atoms with van der Waals surface area (Å²) in [5.41, 5.74) is 2.43. The number of likely N-dealkylation sites (tertiary alicyclic amines) is 1. The molecule has 0 radical (unpaired) electrons. The highest BCUT2D eigenvalue weighted by molar-refractivity contribution is 5.77. The SMILES string of the molecule is CC(C)=CCCC1(C)CCC(=O)N(Cc2cc(C)no2)C1. The van der Waals surface area contributed by atoms with E-state index < -0.39 is 0 Å². The van der Waals surface area contributed by atoms with E-state index in [-0.39, 0.29) is 11.3 Å². The quantitative estimate of drug-likeness (QED) is 0.774. The second-order valence-corrected chi connectivity index (χ2v) is 6.82. The Balaban J connectivity index is 1.97. The zero-order valence-corrected chi connectivity index (χ0v) is 13.6. The molecule has 0 bridgehead atoms. The number of rotatable bonds is 5. The minimum Gasteiger partial charge on any atom is -0.359 e. The molecular weight excluding hydrogens is 264 g/mol. The Hall–Kier alpha value is -1.58. The summed E-state index contributed by atoms with van der Waals surface area (Å²) in [5, 5.41) is 3.89. The summed E-state index contributed by atoms with van der Waals surface area (Å²) >= 11 is 0. The van der Waals surface area contributed by atoms with Crippen LogP contribution in [-0.4, -0.2) is 22.5 Å². The highest BCUT2D eigenvalue weighted by atomic mass is 16.5. The summed E-state index contributed by atoms with van der Waals surface area (Å²) in [5.74, 6) is 0.998. The monoisotopic (exact) mass is 290 g/mol. The largest absolute Gasteiger partial charge is 0.359 e. The van der Waals surface area contributed by atoms with Gasteiger partial charge in [-0.2, -0.15) is 0 Å². The summed E-state index contributed by atoms with van der Waals surface area (Å²) in [6, 6.07) is 1.91. The third-order valence-corrected chi connectivity index (χ3v) is 4.19. The van der Waals surface area contributed by atoms with Crippen LogP contribution < -0.4 is 0 Å². The number of carbonyl (C=O) groups is 1. The molecule has 0 spiro atoms. The molecular formula is C17H26N2O2. The first kappa shape index (κ1) is 15.8. The topological polar surface area (TPSA) is 46.3 Å². The number of aryl methyl sites for hydroxylation is 1. The molecule has 21 heavy (non-hydrogen) atoms. The van der Waals surface area contributed by atoms with E-state index >= 15 is 0 Å². The number of amides is 1. The van der Waals surface area contributed by atoms with Crippen LogP contribution >= 0.6 is 0 Å². The number of carbonyl (C=O) groups excluding carboxylic acids is 1. The standard InChI is InChI=1S/C17H26N2O2/c1-13(2)6-5-8-17(4)9-7-16(20)19(12-17)11-15-10-14(3)18-21-15/h6,10H,5,7-9,11-12H2,1-4H3. The minimum atomic E-state index is 0.203. The van der Waals surface area contributed by atoms with Crippen molar-refractivity contribution in [3.05, 3.63) is 29.2 Å². The van der Waals surface area contributed by atoms with E-state index in [9.17, 15) is 4.79 Å². The third kappa shape index (κ3) is 4.45. The van der Waals surface area contributed by atoms with Crippen LogP contribution in [0.25, 0.3) is 0 Å². The van der Waals surface area contributed by atoms with Gasteiger partial charge in [0.1, 0.15) is 0 Å². The number of allylic oxidation sites excluding steroid dienone is 2. The summed E-state index contributed by atoms with van der Waals surface area (Å²) in [4.78, 5) is 14.0. The van der Waals surface area contributed by atoms with Gasteiger partial charge in [0.25, 0.3) is 0 Å². The Morgan fingerprint density at radius 1 is 1.52 bits per heavy atom. The van der Waals surface area contributed by atoms with Crippen LogP contribution in [0.2, 0.25) is 0 Å². The van der Waals surface area contributed by atoms with Crippen LogP contribution in [0.5, 0.6) is 0 Å². The Bertz CT molecular complexity index is 529. The maximum atomic E-state index is 12.1. The molecule has 1 aromatic rings. The number of piperidine rings is 1. The summed E-state index contributed by atoms with van der Waals surface area (Å²) in [7, 11) is 0. The zero-order chi connectivity index (χ0) is 15.5. The fourth-order valence-corrected chi connectivity index (χ4v) is 2.93. The molecule has 1 fully saturated rings. The molecule has 0 N–H and O–H groups in total. The molecule has 2 rings (SSSR count). The highest BCUT2D eigenvalue weighted by Crippen LogP contribution is 2.35. The van der Waals surface area contributed by atoms with E-state index in [0.717, 1.165) is 37.3 Å². The van der Waals surface area contributed by atoms with Gasteiger partial charge in [-0.1, -0.05) is 23.7 Å². The first-order valence-electron chi connectivity index (χ1n) is 7.71. The number of nitrogens with zero attached hydrogens (tertiary/aromatic N) is 2. The predicted octanol–water partition coefficient (Wildman–Crippen LogP) is 3.86. The summed E-state index contributed by atoms with van der Waals surface area (Å²) < 4.78 is 5.24. The van der Waals surface area contributed by atoms with Crippen molar-refractivity contribution in [2.75, 3.05) is 6.54 Å². The molecule has 2 heterocycles. The van der Waals surface area contributed by atoms with E-state index in [0.29, 0.717) is 13.0 Å². The molecule has 4 nitrogen and oxygen atoms in total. The van der Waals surface area contributed by atoms with Crippen molar-refractivity contribution in [3.63, 3.8) is 0 Å². The van der Waals surface area contributed by atoms with Crippen molar-refractivity contribution >= 4 is 5.91 Å². The molecule has 1 saturated heterocycles. The third-order valence-electron chi connectivity index (χ3n) is 4.19. The average molecular weight is 290 g/mol. The Morgan fingerprint density at radius 3 is 2.90 bits per heavy atom. The number of hydrogen-bond donors (Lipinski definition) is 0. The van der Waals surface area contributed by atoms with Gasteiger partial charge in [0.2, 0.25) is 5.91 Å². The maximum absolute atomic E-state index is 12.1. The molecule has 1 unspecified atom stereocenters. The number of aromatic nitrogens is 1. The second kappa shape index (κ2) is 6.46. The van der Waals surface area contributed by atoms with E-state index in [1.54, 1.807) is 0 Å². The second-order valence-electron chi connectivity index (χ2n) is 6.82. The van der Waals surface area contributed by atoms with Gasteiger partial charge in [-0.05, 0) is 45.4 Å². The van der Waals surface area contributed by atoms with Crippen molar-refractivity contribution in [2.24, 2.45) is 5.41 Å². The molecule has 0 aliphatic carbocycles. The molecule has 1 aliphatic heterocycles.